The highest BCUT2D eigenvalue weighted by Crippen LogP contribution is 2.38. The van der Waals surface area contributed by atoms with Gasteiger partial charge in [-0.2, -0.15) is 4.57 Å². The van der Waals surface area contributed by atoms with Gasteiger partial charge < -0.3 is 29.3 Å². The van der Waals surface area contributed by atoms with Gasteiger partial charge in [-0.15, -0.1) is 0 Å². The molecule has 0 amide bonds. The van der Waals surface area contributed by atoms with Gasteiger partial charge in [0.25, 0.3) is 6.23 Å². The zero-order valence-electron chi connectivity index (χ0n) is 10.9. The molecular formula is C11H14NO8P. The molecule has 1 aliphatic rings. The number of rotatable bonds is 4. The smallest absolute Gasteiger partial charge is 0.341 e. The molecule has 1 aromatic heterocycles. The lowest BCUT2D eigenvalue weighted by Gasteiger charge is -2.23. The zero-order valence-corrected chi connectivity index (χ0v) is 11.8. The van der Waals surface area contributed by atoms with E-state index in [4.69, 9.17) is 9.84 Å². The fourth-order valence-corrected chi connectivity index (χ4v) is 2.48. The second-order valence-corrected chi connectivity index (χ2v) is 6.35. The second-order valence-electron chi connectivity index (χ2n) is 4.60. The van der Waals surface area contributed by atoms with E-state index in [-0.39, 0.29) is 5.56 Å². The number of carboxylic acids is 1. The first kappa shape index (κ1) is 16.0. The molecule has 9 nitrogen and oxygen atoms in total. The lowest BCUT2D eigenvalue weighted by Crippen LogP contribution is -2.46. The lowest BCUT2D eigenvalue weighted by molar-refractivity contribution is -0.767. The summed E-state index contributed by atoms with van der Waals surface area (Å²) in [6.45, 7) is 0.807. The summed E-state index contributed by atoms with van der Waals surface area (Å²) >= 11 is 0. The van der Waals surface area contributed by atoms with E-state index in [0.29, 0.717) is 0 Å². The number of hydrogen-bond acceptors (Lipinski definition) is 7. The van der Waals surface area contributed by atoms with Crippen molar-refractivity contribution in [1.82, 2.24) is 0 Å². The Labute approximate surface area is 119 Å². The maximum Gasteiger partial charge on any atom is 0.341 e. The second kappa shape index (κ2) is 5.80. The van der Waals surface area contributed by atoms with Gasteiger partial charge in [0.05, 0.1) is 0 Å². The molecule has 0 aliphatic carbocycles. The minimum atomic E-state index is -4.17. The highest BCUT2D eigenvalue weighted by Gasteiger charge is 2.49. The fraction of sp³-hybridized carbons (Fsp3) is 0.455. The molecule has 1 unspecified atom stereocenters. The summed E-state index contributed by atoms with van der Waals surface area (Å²) in [5.41, 5.74) is -0.0582. The van der Waals surface area contributed by atoms with Crippen LogP contribution in [0.1, 0.15) is 16.6 Å². The molecular weight excluding hydrogens is 305 g/mol. The topological polar surface area (TPSA) is 140 Å². The molecule has 0 spiro atoms. The normalized spacial score (nSPS) is 31.8. The van der Waals surface area contributed by atoms with Gasteiger partial charge in [-0.1, -0.05) is 0 Å². The number of carboxylic acid groups (broad SMARTS) is 1. The summed E-state index contributed by atoms with van der Waals surface area (Å²) in [5.74, 6) is -1.18. The lowest BCUT2D eigenvalue weighted by atomic mass is 10.2. The van der Waals surface area contributed by atoms with Gasteiger partial charge in [-0.25, -0.2) is 4.79 Å². The van der Waals surface area contributed by atoms with E-state index in [1.165, 1.54) is 29.1 Å². The number of hydrogen-bond donors (Lipinski definition) is 3. The van der Waals surface area contributed by atoms with E-state index in [1.807, 2.05) is 0 Å². The average Bonchev–Trinajstić information content (AvgIpc) is 2.65. The van der Waals surface area contributed by atoms with Crippen LogP contribution in [-0.2, 0) is 13.8 Å². The SMILES string of the molecule is CP(=O)([O-])O[C@H]1O[C@@H]([n+]2cccc(C(=O)O)c2)[C@H](O)[C@@H]1O. The number of nitrogens with zero attached hydrogens (tertiary/aromatic N) is 1. The van der Waals surface area contributed by atoms with Crippen molar-refractivity contribution in [2.45, 2.75) is 24.7 Å². The molecule has 5 atom stereocenters. The largest absolute Gasteiger partial charge is 0.779 e. The van der Waals surface area contributed by atoms with Crippen molar-refractivity contribution >= 4 is 13.6 Å². The summed E-state index contributed by atoms with van der Waals surface area (Å²) < 4.78 is 22.0. The Balaban J connectivity index is 2.23. The Morgan fingerprint density at radius 1 is 1.48 bits per heavy atom. The van der Waals surface area contributed by atoms with Gasteiger partial charge in [-0.05, 0) is 6.07 Å². The Hall–Kier alpha value is -1.35. The van der Waals surface area contributed by atoms with E-state index in [1.54, 1.807) is 0 Å². The van der Waals surface area contributed by atoms with Gasteiger partial charge in [0.1, 0.15) is 19.3 Å². The van der Waals surface area contributed by atoms with Gasteiger partial charge in [0, 0.05) is 12.7 Å². The first-order valence-corrected chi connectivity index (χ1v) is 7.90. The standard InChI is InChI=1S/C11H14NO8P/c1-21(17,18)20-11-8(14)7(13)9(19-11)12-4-2-3-6(5-12)10(15)16/h2-5,7-9,11,13-14H,1H3,(H-,15,16,17,18)/t7-,8+,9-,11-/m1/s1. The van der Waals surface area contributed by atoms with Crippen LogP contribution in [-0.4, -0.2) is 46.5 Å². The van der Waals surface area contributed by atoms with Crippen LogP contribution in [0.4, 0.5) is 0 Å². The Morgan fingerprint density at radius 3 is 2.71 bits per heavy atom. The molecule has 1 saturated heterocycles. The molecule has 0 bridgehead atoms. The number of aromatic nitrogens is 1. The summed E-state index contributed by atoms with van der Waals surface area (Å²) in [6, 6.07) is 2.75. The van der Waals surface area contributed by atoms with Crippen LogP contribution in [0.25, 0.3) is 0 Å². The number of aromatic carboxylic acids is 1. The van der Waals surface area contributed by atoms with Crippen LogP contribution in [0.15, 0.2) is 24.5 Å². The molecule has 0 saturated carbocycles. The highest BCUT2D eigenvalue weighted by atomic mass is 31.2. The molecule has 116 valence electrons. The minimum Gasteiger partial charge on any atom is -0.779 e. The van der Waals surface area contributed by atoms with Crippen LogP contribution in [0.2, 0.25) is 0 Å². The number of aliphatic hydroxyl groups excluding tert-OH is 2. The molecule has 0 aromatic carbocycles. The average molecular weight is 319 g/mol. The molecule has 0 radical (unpaired) electrons. The molecule has 1 aromatic rings. The van der Waals surface area contributed by atoms with Gasteiger partial charge in [0.15, 0.2) is 24.8 Å². The molecule has 1 fully saturated rings. The third-order valence-corrected chi connectivity index (χ3v) is 3.44. The summed E-state index contributed by atoms with van der Waals surface area (Å²) in [5, 5.41) is 28.5. The maximum atomic E-state index is 11.1. The van der Waals surface area contributed by atoms with Crippen LogP contribution in [0.5, 0.6) is 0 Å². The minimum absolute atomic E-state index is 0.0582. The van der Waals surface area contributed by atoms with Crippen LogP contribution in [0.3, 0.4) is 0 Å². The van der Waals surface area contributed by atoms with Crippen LogP contribution in [0, 0.1) is 0 Å². The molecule has 2 heterocycles. The zero-order chi connectivity index (χ0) is 15.8. The third kappa shape index (κ3) is 3.65. The van der Waals surface area contributed by atoms with E-state index in [2.05, 4.69) is 4.52 Å². The Bertz CT molecular complexity index is 587. The maximum absolute atomic E-state index is 11.1. The van der Waals surface area contributed by atoms with Crippen molar-refractivity contribution in [2.24, 2.45) is 0 Å². The van der Waals surface area contributed by atoms with Crippen molar-refractivity contribution in [3.63, 3.8) is 0 Å². The quantitative estimate of drug-likeness (QED) is 0.447. The van der Waals surface area contributed by atoms with E-state index < -0.39 is 38.3 Å². The molecule has 3 N–H and O–H groups in total. The number of aliphatic hydroxyl groups is 2. The van der Waals surface area contributed by atoms with Crippen molar-refractivity contribution in [1.29, 1.82) is 0 Å². The van der Waals surface area contributed by atoms with Crippen molar-refractivity contribution in [3.8, 4) is 0 Å². The number of pyridine rings is 1. The van der Waals surface area contributed by atoms with Crippen molar-refractivity contribution < 1.29 is 43.4 Å². The molecule has 2 rings (SSSR count). The third-order valence-electron chi connectivity index (χ3n) is 2.85. The number of carbonyl (C=O) groups is 1. The summed E-state index contributed by atoms with van der Waals surface area (Å²) in [4.78, 5) is 22.0. The first-order valence-electron chi connectivity index (χ1n) is 5.91. The molecule has 10 heteroatoms. The fourth-order valence-electron chi connectivity index (χ4n) is 1.93. The van der Waals surface area contributed by atoms with Gasteiger partial charge in [-0.3, -0.25) is 4.74 Å². The monoisotopic (exact) mass is 319 g/mol. The van der Waals surface area contributed by atoms with Crippen molar-refractivity contribution in [2.75, 3.05) is 6.66 Å². The highest BCUT2D eigenvalue weighted by molar-refractivity contribution is 7.50. The van der Waals surface area contributed by atoms with Crippen LogP contribution >= 0.6 is 7.60 Å². The van der Waals surface area contributed by atoms with E-state index in [0.717, 1.165) is 6.66 Å². The summed E-state index contributed by atoms with van der Waals surface area (Å²) in [7, 11) is -4.17. The van der Waals surface area contributed by atoms with E-state index >= 15 is 0 Å². The first-order chi connectivity index (χ1) is 9.69. The van der Waals surface area contributed by atoms with Gasteiger partial charge >= 0.3 is 5.97 Å². The summed E-state index contributed by atoms with van der Waals surface area (Å²) in [6.07, 6.45) is -3.18. The Morgan fingerprint density at radius 2 is 2.14 bits per heavy atom. The van der Waals surface area contributed by atoms with Crippen LogP contribution < -0.4 is 9.46 Å². The predicted molar refractivity (Wildman–Crippen MR) is 64.1 cm³/mol. The molecule has 21 heavy (non-hydrogen) atoms. The number of ether oxygens (including phenoxy) is 1. The predicted octanol–water partition coefficient (Wildman–Crippen LogP) is -1.55. The van der Waals surface area contributed by atoms with Gasteiger partial charge in [0.2, 0.25) is 0 Å². The Kier molecular flexibility index (Phi) is 4.43. The van der Waals surface area contributed by atoms with Crippen molar-refractivity contribution in [3.05, 3.63) is 30.1 Å². The van der Waals surface area contributed by atoms with E-state index in [9.17, 15) is 24.5 Å². The molecule has 1 aliphatic heterocycles.